The average molecular weight is 284 g/mol. The Balaban J connectivity index is 1.89. The third-order valence-corrected chi connectivity index (χ3v) is 3.14. The van der Waals surface area contributed by atoms with Crippen molar-refractivity contribution in [2.24, 2.45) is 0 Å². The van der Waals surface area contributed by atoms with Gasteiger partial charge in [0, 0.05) is 12.7 Å². The zero-order chi connectivity index (χ0) is 15.2. The number of nitrogens with zero attached hydrogens (tertiary/aromatic N) is 1. The van der Waals surface area contributed by atoms with Gasteiger partial charge in [0.1, 0.15) is 0 Å². The first-order valence-electron chi connectivity index (χ1n) is 6.55. The molecule has 108 valence electrons. The zero-order valence-electron chi connectivity index (χ0n) is 11.7. The molecule has 0 aliphatic rings. The van der Waals surface area contributed by atoms with Gasteiger partial charge in [-0.15, -0.1) is 0 Å². The van der Waals surface area contributed by atoms with Crippen LogP contribution in [0.25, 0.3) is 0 Å². The van der Waals surface area contributed by atoms with Crippen molar-refractivity contribution >= 4 is 11.9 Å². The molecular formula is C16H16N2O3. The Morgan fingerprint density at radius 2 is 1.90 bits per heavy atom. The molecule has 5 nitrogen and oxygen atoms in total. The first-order valence-corrected chi connectivity index (χ1v) is 6.55. The first-order chi connectivity index (χ1) is 10.1. The molecule has 5 heteroatoms. The fourth-order valence-corrected chi connectivity index (χ4v) is 1.88. The molecule has 0 spiro atoms. The lowest BCUT2D eigenvalue weighted by Crippen LogP contribution is -2.25. The van der Waals surface area contributed by atoms with Crippen molar-refractivity contribution in [2.75, 3.05) is 0 Å². The number of nitrogens with one attached hydrogen (secondary N) is 1. The van der Waals surface area contributed by atoms with E-state index >= 15 is 0 Å². The highest BCUT2D eigenvalue weighted by Crippen LogP contribution is 2.06. The van der Waals surface area contributed by atoms with Gasteiger partial charge in [0.25, 0.3) is 0 Å². The summed E-state index contributed by atoms with van der Waals surface area (Å²) >= 11 is 0. The summed E-state index contributed by atoms with van der Waals surface area (Å²) in [6, 6.07) is 10.2. The molecule has 0 fully saturated rings. The number of carbonyl (C=O) groups excluding carboxylic acids is 1. The molecular weight excluding hydrogens is 268 g/mol. The quantitative estimate of drug-likeness (QED) is 0.879. The average Bonchev–Trinajstić information content (AvgIpc) is 2.48. The minimum atomic E-state index is -0.962. The van der Waals surface area contributed by atoms with E-state index < -0.39 is 5.97 Å². The van der Waals surface area contributed by atoms with Crippen molar-refractivity contribution in [3.05, 3.63) is 65.0 Å². The highest BCUT2D eigenvalue weighted by Gasteiger charge is 2.07. The molecule has 2 rings (SSSR count). The number of hydrogen-bond acceptors (Lipinski definition) is 3. The Morgan fingerprint density at radius 1 is 1.19 bits per heavy atom. The number of benzene rings is 1. The molecule has 0 saturated carbocycles. The molecule has 2 N–H and O–H groups in total. The van der Waals surface area contributed by atoms with Crippen LogP contribution in [-0.4, -0.2) is 22.0 Å². The van der Waals surface area contributed by atoms with Crippen LogP contribution in [0.1, 0.15) is 27.2 Å². The van der Waals surface area contributed by atoms with E-state index in [2.05, 4.69) is 10.3 Å². The molecule has 1 amide bonds. The van der Waals surface area contributed by atoms with E-state index in [4.69, 9.17) is 5.11 Å². The second-order valence-corrected chi connectivity index (χ2v) is 4.72. The van der Waals surface area contributed by atoms with Crippen LogP contribution in [0.3, 0.4) is 0 Å². The number of aromatic carboxylic acids is 1. The van der Waals surface area contributed by atoms with E-state index in [1.807, 2.05) is 19.1 Å². The van der Waals surface area contributed by atoms with Gasteiger partial charge in [-0.05, 0) is 36.2 Å². The van der Waals surface area contributed by atoms with Crippen LogP contribution in [0.15, 0.2) is 42.6 Å². The van der Waals surface area contributed by atoms with Crippen LogP contribution in [0.5, 0.6) is 0 Å². The lowest BCUT2D eigenvalue weighted by Gasteiger charge is -2.07. The lowest BCUT2D eigenvalue weighted by molar-refractivity contribution is -0.120. The molecule has 1 heterocycles. The normalized spacial score (nSPS) is 10.1. The van der Waals surface area contributed by atoms with Gasteiger partial charge < -0.3 is 10.4 Å². The van der Waals surface area contributed by atoms with Crippen LogP contribution in [0.2, 0.25) is 0 Å². The summed E-state index contributed by atoms with van der Waals surface area (Å²) < 4.78 is 0. The largest absolute Gasteiger partial charge is 0.478 e. The van der Waals surface area contributed by atoms with Crippen molar-refractivity contribution in [3.8, 4) is 0 Å². The number of aryl methyl sites for hydroxylation is 1. The van der Waals surface area contributed by atoms with Crippen LogP contribution in [0, 0.1) is 6.92 Å². The van der Waals surface area contributed by atoms with Crippen LogP contribution >= 0.6 is 0 Å². The van der Waals surface area contributed by atoms with Crippen molar-refractivity contribution in [3.63, 3.8) is 0 Å². The molecule has 1 aromatic heterocycles. The maximum Gasteiger partial charge on any atom is 0.335 e. The fraction of sp³-hybridized carbons (Fsp3) is 0.188. The Kier molecular flexibility index (Phi) is 4.66. The Morgan fingerprint density at radius 3 is 2.52 bits per heavy atom. The highest BCUT2D eigenvalue weighted by molar-refractivity contribution is 5.87. The summed E-state index contributed by atoms with van der Waals surface area (Å²) in [6.07, 6.45) is 1.90. The van der Waals surface area contributed by atoms with Gasteiger partial charge in [-0.1, -0.05) is 18.2 Å². The summed E-state index contributed by atoms with van der Waals surface area (Å²) in [4.78, 5) is 26.8. The van der Waals surface area contributed by atoms with Gasteiger partial charge in [0.15, 0.2) is 0 Å². The predicted octanol–water partition coefficient (Wildman–Crippen LogP) is 1.95. The van der Waals surface area contributed by atoms with E-state index in [1.54, 1.807) is 18.3 Å². The molecule has 2 aromatic rings. The summed E-state index contributed by atoms with van der Waals surface area (Å²) in [5, 5.41) is 11.6. The maximum absolute atomic E-state index is 11.9. The molecule has 0 aliphatic heterocycles. The standard InChI is InChI=1S/C16H16N2O3/c1-11-3-2-8-17-14(11)9-15(19)18-10-12-4-6-13(7-5-12)16(20)21/h2-8H,9-10H2,1H3,(H,18,19)(H,20,21). The number of carbonyl (C=O) groups is 2. The monoisotopic (exact) mass is 284 g/mol. The number of carboxylic acids is 1. The Labute approximate surface area is 122 Å². The fourth-order valence-electron chi connectivity index (χ4n) is 1.88. The van der Waals surface area contributed by atoms with E-state index in [1.165, 1.54) is 12.1 Å². The van der Waals surface area contributed by atoms with Crippen molar-refractivity contribution in [1.29, 1.82) is 0 Å². The number of amides is 1. The first kappa shape index (κ1) is 14.7. The topological polar surface area (TPSA) is 79.3 Å². The lowest BCUT2D eigenvalue weighted by atomic mass is 10.1. The van der Waals surface area contributed by atoms with Crippen molar-refractivity contribution < 1.29 is 14.7 Å². The van der Waals surface area contributed by atoms with E-state index in [-0.39, 0.29) is 17.9 Å². The SMILES string of the molecule is Cc1cccnc1CC(=O)NCc1ccc(C(=O)O)cc1. The predicted molar refractivity (Wildman–Crippen MR) is 77.9 cm³/mol. The molecule has 0 radical (unpaired) electrons. The van der Waals surface area contributed by atoms with Crippen LogP contribution in [0.4, 0.5) is 0 Å². The number of rotatable bonds is 5. The van der Waals surface area contributed by atoms with Crippen LogP contribution in [-0.2, 0) is 17.8 Å². The summed E-state index contributed by atoms with van der Waals surface area (Å²) in [5.74, 6) is -1.07. The zero-order valence-corrected chi connectivity index (χ0v) is 11.7. The maximum atomic E-state index is 11.9. The van der Waals surface area contributed by atoms with Crippen LogP contribution < -0.4 is 5.32 Å². The third kappa shape index (κ3) is 4.14. The van der Waals surface area contributed by atoms with E-state index in [9.17, 15) is 9.59 Å². The second kappa shape index (κ2) is 6.65. The molecule has 1 aromatic carbocycles. The minimum Gasteiger partial charge on any atom is -0.478 e. The number of carboxylic acid groups (broad SMARTS) is 1. The van der Waals surface area contributed by atoms with Crippen molar-refractivity contribution in [2.45, 2.75) is 19.9 Å². The Hall–Kier alpha value is -2.69. The Bertz CT molecular complexity index is 651. The van der Waals surface area contributed by atoms with Gasteiger partial charge in [-0.25, -0.2) is 4.79 Å². The summed E-state index contributed by atoms with van der Waals surface area (Å²) in [6.45, 7) is 2.28. The highest BCUT2D eigenvalue weighted by atomic mass is 16.4. The van der Waals surface area contributed by atoms with Gasteiger partial charge in [-0.2, -0.15) is 0 Å². The van der Waals surface area contributed by atoms with Crippen molar-refractivity contribution in [1.82, 2.24) is 10.3 Å². The van der Waals surface area contributed by atoms with Gasteiger partial charge in [-0.3, -0.25) is 9.78 Å². The number of hydrogen-bond donors (Lipinski definition) is 2. The van der Waals surface area contributed by atoms with Gasteiger partial charge in [0.05, 0.1) is 17.7 Å². The number of aromatic nitrogens is 1. The van der Waals surface area contributed by atoms with Gasteiger partial charge >= 0.3 is 5.97 Å². The smallest absolute Gasteiger partial charge is 0.335 e. The molecule has 0 saturated heterocycles. The minimum absolute atomic E-state index is 0.112. The summed E-state index contributed by atoms with van der Waals surface area (Å²) in [5.41, 5.74) is 2.83. The third-order valence-electron chi connectivity index (χ3n) is 3.14. The molecule has 0 bridgehead atoms. The molecule has 0 unspecified atom stereocenters. The van der Waals surface area contributed by atoms with E-state index in [0.29, 0.717) is 6.54 Å². The van der Waals surface area contributed by atoms with E-state index in [0.717, 1.165) is 16.8 Å². The molecule has 0 aliphatic carbocycles. The number of pyridine rings is 1. The molecule has 0 atom stereocenters. The van der Waals surface area contributed by atoms with Gasteiger partial charge in [0.2, 0.25) is 5.91 Å². The molecule has 21 heavy (non-hydrogen) atoms. The summed E-state index contributed by atoms with van der Waals surface area (Å²) in [7, 11) is 0. The second-order valence-electron chi connectivity index (χ2n) is 4.72.